The summed E-state index contributed by atoms with van der Waals surface area (Å²) in [7, 11) is 0. The second-order valence-electron chi connectivity index (χ2n) is 6.03. The van der Waals surface area contributed by atoms with Crippen LogP contribution in [0.15, 0.2) is 65.7 Å². The van der Waals surface area contributed by atoms with E-state index in [0.717, 1.165) is 15.9 Å². The minimum atomic E-state index is -0.829. The molecule has 3 aromatic rings. The SMILES string of the molecule is O=C(CSc1ccc2ccccc2n1)NNC(=O)[C@@H]1COc2ccccc2O1. The number of hydrazine groups is 1. The summed E-state index contributed by atoms with van der Waals surface area (Å²) in [6.45, 7) is 0.0779. The maximum Gasteiger partial charge on any atom is 0.283 e. The molecule has 7 nitrogen and oxygen atoms in total. The van der Waals surface area contributed by atoms with Gasteiger partial charge in [0.25, 0.3) is 5.91 Å². The number of benzene rings is 2. The molecule has 8 heteroatoms. The molecule has 4 rings (SSSR count). The van der Waals surface area contributed by atoms with Crippen molar-refractivity contribution >= 4 is 34.5 Å². The largest absolute Gasteiger partial charge is 0.485 e. The van der Waals surface area contributed by atoms with E-state index in [1.54, 1.807) is 18.2 Å². The number of hydrogen-bond acceptors (Lipinski definition) is 6. The Morgan fingerprint density at radius 3 is 2.68 bits per heavy atom. The average Bonchev–Trinajstić information content (AvgIpc) is 2.75. The van der Waals surface area contributed by atoms with E-state index in [1.165, 1.54) is 11.8 Å². The third kappa shape index (κ3) is 4.17. The Balaban J connectivity index is 1.25. The van der Waals surface area contributed by atoms with E-state index < -0.39 is 12.0 Å². The van der Waals surface area contributed by atoms with Crippen molar-refractivity contribution in [3.05, 3.63) is 60.7 Å². The van der Waals surface area contributed by atoms with Crippen molar-refractivity contribution < 1.29 is 19.1 Å². The molecule has 142 valence electrons. The lowest BCUT2D eigenvalue weighted by Crippen LogP contribution is -2.51. The van der Waals surface area contributed by atoms with Crippen LogP contribution < -0.4 is 20.3 Å². The quantitative estimate of drug-likeness (QED) is 0.521. The van der Waals surface area contributed by atoms with E-state index in [1.807, 2.05) is 42.5 Å². The fraction of sp³-hybridized carbons (Fsp3) is 0.150. The van der Waals surface area contributed by atoms with Crippen LogP contribution in [0.25, 0.3) is 10.9 Å². The number of aromatic nitrogens is 1. The highest BCUT2D eigenvalue weighted by Crippen LogP contribution is 2.30. The summed E-state index contributed by atoms with van der Waals surface area (Å²) >= 11 is 1.29. The van der Waals surface area contributed by atoms with E-state index >= 15 is 0 Å². The van der Waals surface area contributed by atoms with Crippen molar-refractivity contribution in [2.24, 2.45) is 0 Å². The molecule has 1 aliphatic heterocycles. The van der Waals surface area contributed by atoms with Crippen molar-refractivity contribution in [1.29, 1.82) is 0 Å². The molecule has 0 spiro atoms. The molecule has 0 unspecified atom stereocenters. The second kappa shape index (κ2) is 8.18. The van der Waals surface area contributed by atoms with E-state index in [2.05, 4.69) is 15.8 Å². The van der Waals surface area contributed by atoms with Gasteiger partial charge in [-0.3, -0.25) is 20.4 Å². The van der Waals surface area contributed by atoms with Gasteiger partial charge in [0.2, 0.25) is 12.0 Å². The molecule has 1 aliphatic rings. The van der Waals surface area contributed by atoms with Crippen LogP contribution in [-0.2, 0) is 9.59 Å². The molecule has 2 aromatic carbocycles. The number of ether oxygens (including phenoxy) is 2. The molecule has 28 heavy (non-hydrogen) atoms. The topological polar surface area (TPSA) is 89.6 Å². The number of nitrogens with zero attached hydrogens (tertiary/aromatic N) is 1. The number of fused-ring (bicyclic) bond motifs is 2. The smallest absolute Gasteiger partial charge is 0.283 e. The molecule has 0 bridgehead atoms. The van der Waals surface area contributed by atoms with Crippen molar-refractivity contribution in [1.82, 2.24) is 15.8 Å². The van der Waals surface area contributed by atoms with E-state index in [0.29, 0.717) is 11.5 Å². The minimum Gasteiger partial charge on any atom is -0.485 e. The average molecular weight is 395 g/mol. The number of para-hydroxylation sites is 3. The minimum absolute atomic E-state index is 0.0779. The molecule has 1 aromatic heterocycles. The van der Waals surface area contributed by atoms with Gasteiger partial charge in [0, 0.05) is 5.39 Å². The summed E-state index contributed by atoms with van der Waals surface area (Å²) in [6.07, 6.45) is -0.829. The van der Waals surface area contributed by atoms with Gasteiger partial charge in [-0.05, 0) is 24.3 Å². The first-order valence-corrected chi connectivity index (χ1v) is 9.63. The Kier molecular flexibility index (Phi) is 5.29. The number of rotatable bonds is 4. The van der Waals surface area contributed by atoms with Gasteiger partial charge in [0.05, 0.1) is 16.3 Å². The first-order chi connectivity index (χ1) is 13.7. The number of amides is 2. The lowest BCUT2D eigenvalue weighted by Gasteiger charge is -2.25. The van der Waals surface area contributed by atoms with Gasteiger partial charge in [-0.25, -0.2) is 4.98 Å². The highest BCUT2D eigenvalue weighted by Gasteiger charge is 2.27. The third-order valence-electron chi connectivity index (χ3n) is 4.05. The standard InChI is InChI=1S/C20H17N3O4S/c24-18(12-28-19-10-9-13-5-1-2-6-14(13)21-19)22-23-20(25)17-11-26-15-7-3-4-8-16(15)27-17/h1-10,17H,11-12H2,(H,22,24)(H,23,25)/t17-/m0/s1. The van der Waals surface area contributed by atoms with Gasteiger partial charge in [-0.15, -0.1) is 0 Å². The van der Waals surface area contributed by atoms with Crippen LogP contribution in [0, 0.1) is 0 Å². The first kappa shape index (κ1) is 18.1. The zero-order chi connectivity index (χ0) is 19.3. The highest BCUT2D eigenvalue weighted by atomic mass is 32.2. The van der Waals surface area contributed by atoms with E-state index in [4.69, 9.17) is 9.47 Å². The molecule has 0 saturated carbocycles. The zero-order valence-corrected chi connectivity index (χ0v) is 15.6. The Morgan fingerprint density at radius 1 is 1.00 bits per heavy atom. The maximum absolute atomic E-state index is 12.2. The molecule has 0 aliphatic carbocycles. The summed E-state index contributed by atoms with van der Waals surface area (Å²) in [4.78, 5) is 28.7. The fourth-order valence-corrected chi connectivity index (χ4v) is 3.34. The molecular weight excluding hydrogens is 378 g/mol. The first-order valence-electron chi connectivity index (χ1n) is 8.65. The predicted molar refractivity (Wildman–Crippen MR) is 105 cm³/mol. The van der Waals surface area contributed by atoms with Gasteiger partial charge in [-0.2, -0.15) is 0 Å². The van der Waals surface area contributed by atoms with Gasteiger partial charge < -0.3 is 9.47 Å². The molecule has 0 fully saturated rings. The molecule has 2 heterocycles. The van der Waals surface area contributed by atoms with E-state index in [-0.39, 0.29) is 18.3 Å². The number of carbonyl (C=O) groups excluding carboxylic acids is 2. The molecule has 0 radical (unpaired) electrons. The van der Waals surface area contributed by atoms with Gasteiger partial charge in [0.15, 0.2) is 11.5 Å². The van der Waals surface area contributed by atoms with Gasteiger partial charge >= 0.3 is 0 Å². The second-order valence-corrected chi connectivity index (χ2v) is 7.03. The number of hydrogen-bond donors (Lipinski definition) is 2. The van der Waals surface area contributed by atoms with Crippen LogP contribution in [0.4, 0.5) is 0 Å². The number of pyridine rings is 1. The number of carbonyl (C=O) groups is 2. The normalized spacial score (nSPS) is 15.1. The highest BCUT2D eigenvalue weighted by molar-refractivity contribution is 7.99. The molecule has 2 N–H and O–H groups in total. The summed E-state index contributed by atoms with van der Waals surface area (Å²) in [6, 6.07) is 18.7. The molecular formula is C20H17N3O4S. The van der Waals surface area contributed by atoms with Crippen molar-refractivity contribution in [2.45, 2.75) is 11.1 Å². The van der Waals surface area contributed by atoms with Crippen LogP contribution in [0.5, 0.6) is 11.5 Å². The summed E-state index contributed by atoms with van der Waals surface area (Å²) in [5, 5.41) is 1.78. The Labute approximate surface area is 165 Å². The van der Waals surface area contributed by atoms with Crippen molar-refractivity contribution in [3.63, 3.8) is 0 Å². The molecule has 0 saturated heterocycles. The maximum atomic E-state index is 12.2. The van der Waals surface area contributed by atoms with Crippen LogP contribution in [-0.4, -0.2) is 35.3 Å². The summed E-state index contributed by atoms with van der Waals surface area (Å²) < 4.78 is 11.1. The van der Waals surface area contributed by atoms with Crippen LogP contribution in [0.2, 0.25) is 0 Å². The molecule has 1 atom stereocenters. The summed E-state index contributed by atoms with van der Waals surface area (Å²) in [5.41, 5.74) is 5.63. The van der Waals surface area contributed by atoms with E-state index in [9.17, 15) is 9.59 Å². The lowest BCUT2D eigenvalue weighted by molar-refractivity contribution is -0.134. The zero-order valence-electron chi connectivity index (χ0n) is 14.8. The summed E-state index contributed by atoms with van der Waals surface area (Å²) in [5.74, 6) is 0.395. The Hall–Kier alpha value is -3.26. The monoisotopic (exact) mass is 395 g/mol. The van der Waals surface area contributed by atoms with Gasteiger partial charge in [-0.1, -0.05) is 48.2 Å². The number of thioether (sulfide) groups is 1. The lowest BCUT2D eigenvalue weighted by atomic mass is 10.2. The molecule has 2 amide bonds. The number of nitrogens with one attached hydrogen (secondary N) is 2. The predicted octanol–water partition coefficient (Wildman–Crippen LogP) is 2.31. The van der Waals surface area contributed by atoms with Crippen molar-refractivity contribution in [2.75, 3.05) is 12.4 Å². The third-order valence-corrected chi connectivity index (χ3v) is 4.98. The Morgan fingerprint density at radius 2 is 1.79 bits per heavy atom. The van der Waals surface area contributed by atoms with Crippen LogP contribution in [0.3, 0.4) is 0 Å². The van der Waals surface area contributed by atoms with Gasteiger partial charge in [0.1, 0.15) is 6.61 Å². The van der Waals surface area contributed by atoms with Crippen LogP contribution >= 0.6 is 11.8 Å². The Bertz CT molecular complexity index is 1030. The fourth-order valence-electron chi connectivity index (χ4n) is 2.66. The van der Waals surface area contributed by atoms with Crippen molar-refractivity contribution in [3.8, 4) is 11.5 Å². The van der Waals surface area contributed by atoms with Crippen LogP contribution in [0.1, 0.15) is 0 Å².